The van der Waals surface area contributed by atoms with Crippen molar-refractivity contribution in [2.24, 2.45) is 0 Å². The topological polar surface area (TPSA) is 45.6 Å². The summed E-state index contributed by atoms with van der Waals surface area (Å²) in [5.41, 5.74) is 2.18. The summed E-state index contributed by atoms with van der Waals surface area (Å²) in [5, 5.41) is 0. The molecule has 2 aromatic carbocycles. The highest BCUT2D eigenvalue weighted by Crippen LogP contribution is 2.18. The number of carbonyl (C=O) groups is 1. The first-order valence-corrected chi connectivity index (χ1v) is 10.2. The van der Waals surface area contributed by atoms with Gasteiger partial charge in [0, 0.05) is 44.8 Å². The van der Waals surface area contributed by atoms with E-state index in [0.717, 1.165) is 36.4 Å². The van der Waals surface area contributed by atoms with Gasteiger partial charge in [-0.05, 0) is 30.7 Å². The molecule has 27 heavy (non-hydrogen) atoms. The summed E-state index contributed by atoms with van der Waals surface area (Å²) in [6.07, 6.45) is 1.18. The molecule has 0 N–H and O–H groups in total. The van der Waals surface area contributed by atoms with E-state index in [1.54, 1.807) is 4.57 Å². The summed E-state index contributed by atoms with van der Waals surface area (Å²) in [6.45, 7) is 3.84. The van der Waals surface area contributed by atoms with E-state index in [-0.39, 0.29) is 10.8 Å². The predicted molar refractivity (Wildman–Crippen MR) is 111 cm³/mol. The fourth-order valence-corrected chi connectivity index (χ4v) is 4.54. The highest BCUT2D eigenvalue weighted by Gasteiger charge is 2.21. The number of benzene rings is 2. The van der Waals surface area contributed by atoms with Crippen LogP contribution in [-0.4, -0.2) is 41.6 Å². The lowest BCUT2D eigenvalue weighted by Crippen LogP contribution is -2.48. The van der Waals surface area contributed by atoms with Crippen LogP contribution in [0.2, 0.25) is 0 Å². The number of amides is 1. The van der Waals surface area contributed by atoms with Crippen molar-refractivity contribution in [2.45, 2.75) is 19.4 Å². The second-order valence-corrected chi connectivity index (χ2v) is 7.79. The Morgan fingerprint density at radius 1 is 0.926 bits per heavy atom. The van der Waals surface area contributed by atoms with Crippen molar-refractivity contribution in [3.63, 3.8) is 0 Å². The molecule has 4 rings (SSSR count). The molecule has 0 bridgehead atoms. The number of para-hydroxylation sites is 2. The molecular weight excluding hydrogens is 358 g/mol. The molecule has 1 aliphatic heterocycles. The first-order chi connectivity index (χ1) is 13.2. The Morgan fingerprint density at radius 3 is 2.41 bits per heavy atom. The monoisotopic (exact) mass is 381 g/mol. The number of hydrogen-bond donors (Lipinski definition) is 0. The minimum atomic E-state index is 0.0557. The van der Waals surface area contributed by atoms with Crippen LogP contribution < -0.4 is 9.77 Å². The van der Waals surface area contributed by atoms with E-state index in [1.807, 2.05) is 47.4 Å². The van der Waals surface area contributed by atoms with Crippen molar-refractivity contribution in [3.8, 4) is 0 Å². The molecule has 0 aliphatic carbocycles. The Kier molecular flexibility index (Phi) is 5.25. The van der Waals surface area contributed by atoms with Crippen LogP contribution in [0.3, 0.4) is 0 Å². The van der Waals surface area contributed by atoms with Gasteiger partial charge >= 0.3 is 4.87 Å². The SMILES string of the molecule is O=C(CCCn1c(=O)sc2ccccc21)N1CCN(c2ccccc2)CC1. The number of piperazine rings is 1. The normalized spacial score (nSPS) is 14.7. The third-order valence-electron chi connectivity index (χ3n) is 5.10. The summed E-state index contributed by atoms with van der Waals surface area (Å²) in [6, 6.07) is 18.2. The lowest BCUT2D eigenvalue weighted by molar-refractivity contribution is -0.131. The van der Waals surface area contributed by atoms with E-state index < -0.39 is 0 Å². The number of hydrogen-bond acceptors (Lipinski definition) is 4. The number of anilines is 1. The van der Waals surface area contributed by atoms with Crippen LogP contribution in [-0.2, 0) is 11.3 Å². The summed E-state index contributed by atoms with van der Waals surface area (Å²) in [4.78, 5) is 29.0. The Balaban J connectivity index is 1.29. The van der Waals surface area contributed by atoms with Crippen molar-refractivity contribution in [2.75, 3.05) is 31.1 Å². The fourth-order valence-electron chi connectivity index (χ4n) is 3.63. The molecule has 5 nitrogen and oxygen atoms in total. The largest absolute Gasteiger partial charge is 0.368 e. The van der Waals surface area contributed by atoms with Gasteiger partial charge in [0.1, 0.15) is 0 Å². The van der Waals surface area contributed by atoms with Crippen LogP contribution in [0.5, 0.6) is 0 Å². The minimum absolute atomic E-state index is 0.0557. The lowest BCUT2D eigenvalue weighted by atomic mass is 10.2. The van der Waals surface area contributed by atoms with Crippen LogP contribution in [0.15, 0.2) is 59.4 Å². The van der Waals surface area contributed by atoms with E-state index >= 15 is 0 Å². The molecular formula is C21H23N3O2S. The number of rotatable bonds is 5. The molecule has 1 saturated heterocycles. The lowest BCUT2D eigenvalue weighted by Gasteiger charge is -2.36. The van der Waals surface area contributed by atoms with Gasteiger partial charge < -0.3 is 9.80 Å². The van der Waals surface area contributed by atoms with Gasteiger partial charge in [0.2, 0.25) is 5.91 Å². The van der Waals surface area contributed by atoms with Crippen molar-refractivity contribution in [3.05, 3.63) is 64.3 Å². The highest BCUT2D eigenvalue weighted by molar-refractivity contribution is 7.16. The Hall–Kier alpha value is -2.60. The standard InChI is InChI=1S/C21H23N3O2S/c25-20(23-15-13-22(14-16-23)17-7-2-1-3-8-17)11-6-12-24-18-9-4-5-10-19(18)27-21(24)26/h1-5,7-10H,6,11-16H2. The molecule has 3 aromatic rings. The van der Waals surface area contributed by atoms with Gasteiger partial charge in [-0.15, -0.1) is 0 Å². The first-order valence-electron chi connectivity index (χ1n) is 9.38. The first kappa shape index (κ1) is 17.8. The summed E-state index contributed by atoms with van der Waals surface area (Å²) < 4.78 is 2.80. The molecule has 0 spiro atoms. The number of aryl methyl sites for hydroxylation is 1. The average Bonchev–Trinajstić information content (AvgIpc) is 3.04. The third-order valence-corrected chi connectivity index (χ3v) is 6.06. The second-order valence-electron chi connectivity index (χ2n) is 6.79. The van der Waals surface area contributed by atoms with Crippen LogP contribution in [0.4, 0.5) is 5.69 Å². The van der Waals surface area contributed by atoms with E-state index in [9.17, 15) is 9.59 Å². The van der Waals surface area contributed by atoms with Gasteiger partial charge in [0.15, 0.2) is 0 Å². The smallest absolute Gasteiger partial charge is 0.308 e. The molecule has 1 fully saturated rings. The number of thiazole rings is 1. The van der Waals surface area contributed by atoms with E-state index in [0.29, 0.717) is 19.4 Å². The van der Waals surface area contributed by atoms with Crippen LogP contribution in [0, 0.1) is 0 Å². The van der Waals surface area contributed by atoms with Crippen molar-refractivity contribution >= 4 is 33.1 Å². The Bertz CT molecular complexity index is 972. The predicted octanol–water partition coefficient (Wildman–Crippen LogP) is 3.19. The van der Waals surface area contributed by atoms with Gasteiger partial charge in [-0.3, -0.25) is 14.2 Å². The number of aromatic nitrogens is 1. The maximum absolute atomic E-state index is 12.5. The number of carbonyl (C=O) groups excluding carboxylic acids is 1. The molecule has 2 heterocycles. The summed E-state index contributed by atoms with van der Waals surface area (Å²) >= 11 is 1.27. The van der Waals surface area contributed by atoms with Crippen LogP contribution in [0.25, 0.3) is 10.2 Å². The van der Waals surface area contributed by atoms with E-state index in [1.165, 1.54) is 17.0 Å². The maximum atomic E-state index is 12.5. The molecule has 0 atom stereocenters. The maximum Gasteiger partial charge on any atom is 0.308 e. The number of fused-ring (bicyclic) bond motifs is 1. The second kappa shape index (κ2) is 7.96. The Labute approximate surface area is 162 Å². The molecule has 0 saturated carbocycles. The Morgan fingerprint density at radius 2 is 1.63 bits per heavy atom. The van der Waals surface area contributed by atoms with Crippen molar-refractivity contribution < 1.29 is 4.79 Å². The van der Waals surface area contributed by atoms with Gasteiger partial charge in [-0.1, -0.05) is 41.7 Å². The third kappa shape index (κ3) is 3.90. The summed E-state index contributed by atoms with van der Waals surface area (Å²) in [7, 11) is 0. The minimum Gasteiger partial charge on any atom is -0.368 e. The molecule has 140 valence electrons. The van der Waals surface area contributed by atoms with Gasteiger partial charge in [0.05, 0.1) is 10.2 Å². The average molecular weight is 382 g/mol. The zero-order chi connectivity index (χ0) is 18.6. The molecule has 1 amide bonds. The summed E-state index contributed by atoms with van der Waals surface area (Å²) in [5.74, 6) is 0.190. The van der Waals surface area contributed by atoms with Crippen LogP contribution >= 0.6 is 11.3 Å². The van der Waals surface area contributed by atoms with Crippen molar-refractivity contribution in [1.29, 1.82) is 0 Å². The number of nitrogens with zero attached hydrogens (tertiary/aromatic N) is 3. The van der Waals surface area contributed by atoms with Gasteiger partial charge in [0.25, 0.3) is 0 Å². The van der Waals surface area contributed by atoms with Gasteiger partial charge in [-0.25, -0.2) is 0 Å². The molecule has 1 aromatic heterocycles. The van der Waals surface area contributed by atoms with E-state index in [2.05, 4.69) is 17.0 Å². The zero-order valence-corrected chi connectivity index (χ0v) is 16.0. The van der Waals surface area contributed by atoms with Gasteiger partial charge in [-0.2, -0.15) is 0 Å². The molecule has 1 aliphatic rings. The van der Waals surface area contributed by atoms with Crippen molar-refractivity contribution in [1.82, 2.24) is 9.47 Å². The quantitative estimate of drug-likeness (QED) is 0.682. The van der Waals surface area contributed by atoms with E-state index in [4.69, 9.17) is 0 Å². The molecule has 0 radical (unpaired) electrons. The van der Waals surface area contributed by atoms with Crippen LogP contribution in [0.1, 0.15) is 12.8 Å². The fraction of sp³-hybridized carbons (Fsp3) is 0.333. The zero-order valence-electron chi connectivity index (χ0n) is 15.2. The highest BCUT2D eigenvalue weighted by atomic mass is 32.1. The molecule has 6 heteroatoms. The molecule has 0 unspecified atom stereocenters.